The predicted molar refractivity (Wildman–Crippen MR) is 122 cm³/mol. The van der Waals surface area contributed by atoms with Crippen LogP contribution in [-0.2, 0) is 11.8 Å². The molecule has 0 radical (unpaired) electrons. The summed E-state index contributed by atoms with van der Waals surface area (Å²) < 4.78 is 16.6. The second kappa shape index (κ2) is 9.65. The van der Waals surface area contributed by atoms with E-state index < -0.39 is 6.04 Å². The number of nitrogens with zero attached hydrogens (tertiary/aromatic N) is 3. The van der Waals surface area contributed by atoms with Gasteiger partial charge >= 0.3 is 0 Å². The molecular weight excluding hydrogens is 475 g/mol. The fourth-order valence-electron chi connectivity index (χ4n) is 4.02. The number of imidazole rings is 1. The molecule has 6 nitrogen and oxygen atoms in total. The van der Waals surface area contributed by atoms with Gasteiger partial charge in [0.1, 0.15) is 17.7 Å². The standard InChI is InChI=1S/C24H24BrFN4O2/c1-29-14-11-27-22(29)21(18-3-2-4-20(26)15-18)28-23(31)16-9-12-30(13-10-16)24(32)17-5-7-19(25)8-6-17/h2-8,11,14-16,21H,9-10,12-13H2,1H3,(H,28,31). The third kappa shape index (κ3) is 4.91. The van der Waals surface area contributed by atoms with Crippen molar-refractivity contribution in [1.29, 1.82) is 0 Å². The number of rotatable bonds is 5. The Morgan fingerprint density at radius 2 is 1.88 bits per heavy atom. The first-order chi connectivity index (χ1) is 15.4. The summed E-state index contributed by atoms with van der Waals surface area (Å²) in [5.41, 5.74) is 1.27. The van der Waals surface area contributed by atoms with Crippen LogP contribution in [0.15, 0.2) is 65.4 Å². The molecule has 1 unspecified atom stereocenters. The molecule has 2 aromatic carbocycles. The molecule has 1 fully saturated rings. The number of benzene rings is 2. The molecule has 0 aliphatic carbocycles. The summed E-state index contributed by atoms with van der Waals surface area (Å²) in [4.78, 5) is 32.0. The molecule has 0 saturated carbocycles. The molecule has 166 valence electrons. The maximum absolute atomic E-state index is 13.9. The van der Waals surface area contributed by atoms with Crippen LogP contribution in [0.1, 0.15) is 40.6 Å². The van der Waals surface area contributed by atoms with Crippen LogP contribution < -0.4 is 5.32 Å². The first kappa shape index (κ1) is 22.2. The SMILES string of the molecule is Cn1ccnc1C(NC(=O)C1CCN(C(=O)c2ccc(Br)cc2)CC1)c1cccc(F)c1. The van der Waals surface area contributed by atoms with E-state index in [4.69, 9.17) is 0 Å². The van der Waals surface area contributed by atoms with Crippen LogP contribution in [0.2, 0.25) is 0 Å². The highest BCUT2D eigenvalue weighted by atomic mass is 79.9. The van der Waals surface area contributed by atoms with Gasteiger partial charge in [0.2, 0.25) is 5.91 Å². The van der Waals surface area contributed by atoms with Gasteiger partial charge < -0.3 is 14.8 Å². The zero-order chi connectivity index (χ0) is 22.7. The molecule has 1 aliphatic heterocycles. The first-order valence-corrected chi connectivity index (χ1v) is 11.3. The summed E-state index contributed by atoms with van der Waals surface area (Å²) in [7, 11) is 1.84. The Hall–Kier alpha value is -3.00. The van der Waals surface area contributed by atoms with E-state index in [1.54, 1.807) is 41.6 Å². The van der Waals surface area contributed by atoms with Gasteiger partial charge in [-0.05, 0) is 54.8 Å². The molecule has 8 heteroatoms. The van der Waals surface area contributed by atoms with E-state index in [9.17, 15) is 14.0 Å². The Labute approximate surface area is 194 Å². The monoisotopic (exact) mass is 498 g/mol. The van der Waals surface area contributed by atoms with Crippen molar-refractivity contribution in [2.45, 2.75) is 18.9 Å². The molecule has 2 amide bonds. The Kier molecular flexibility index (Phi) is 6.69. The molecular formula is C24H24BrFN4O2. The predicted octanol–water partition coefficient (Wildman–Crippen LogP) is 4.08. The smallest absolute Gasteiger partial charge is 0.253 e. The summed E-state index contributed by atoms with van der Waals surface area (Å²) in [6.07, 6.45) is 4.59. The van der Waals surface area contributed by atoms with Gasteiger partial charge in [-0.15, -0.1) is 0 Å². The number of hydrogen-bond donors (Lipinski definition) is 1. The number of carbonyl (C=O) groups excluding carboxylic acids is 2. The van der Waals surface area contributed by atoms with Gasteiger partial charge in [-0.3, -0.25) is 9.59 Å². The van der Waals surface area contributed by atoms with Gasteiger partial charge in [-0.25, -0.2) is 9.37 Å². The molecule has 1 saturated heterocycles. The van der Waals surface area contributed by atoms with Crippen molar-refractivity contribution in [3.05, 3.63) is 88.2 Å². The lowest BCUT2D eigenvalue weighted by atomic mass is 9.94. The average molecular weight is 499 g/mol. The molecule has 1 N–H and O–H groups in total. The van der Waals surface area contributed by atoms with Crippen LogP contribution in [0.3, 0.4) is 0 Å². The van der Waals surface area contributed by atoms with Crippen molar-refractivity contribution < 1.29 is 14.0 Å². The quantitative estimate of drug-likeness (QED) is 0.576. The highest BCUT2D eigenvalue weighted by molar-refractivity contribution is 9.10. The number of likely N-dealkylation sites (tertiary alicyclic amines) is 1. The van der Waals surface area contributed by atoms with Gasteiger partial charge in [0.15, 0.2) is 0 Å². The molecule has 1 aromatic heterocycles. The number of nitrogens with one attached hydrogen (secondary N) is 1. The second-order valence-electron chi connectivity index (χ2n) is 7.97. The summed E-state index contributed by atoms with van der Waals surface area (Å²) in [5.74, 6) is -0.0946. The number of hydrogen-bond acceptors (Lipinski definition) is 3. The Morgan fingerprint density at radius 3 is 2.50 bits per heavy atom. The normalized spacial score (nSPS) is 15.4. The van der Waals surface area contributed by atoms with Gasteiger partial charge in [-0.1, -0.05) is 28.1 Å². The van der Waals surface area contributed by atoms with Crippen molar-refractivity contribution >= 4 is 27.7 Å². The van der Waals surface area contributed by atoms with Crippen molar-refractivity contribution in [1.82, 2.24) is 19.8 Å². The zero-order valence-corrected chi connectivity index (χ0v) is 19.3. The van der Waals surface area contributed by atoms with Crippen molar-refractivity contribution in [3.63, 3.8) is 0 Å². The Balaban J connectivity index is 1.43. The minimum Gasteiger partial charge on any atom is -0.342 e. The first-order valence-electron chi connectivity index (χ1n) is 10.5. The minimum atomic E-state index is -0.555. The third-order valence-electron chi connectivity index (χ3n) is 5.83. The molecule has 2 heterocycles. The molecule has 32 heavy (non-hydrogen) atoms. The highest BCUT2D eigenvalue weighted by Gasteiger charge is 2.30. The number of amides is 2. The third-order valence-corrected chi connectivity index (χ3v) is 6.36. The van der Waals surface area contributed by atoms with Crippen molar-refractivity contribution in [3.8, 4) is 0 Å². The lowest BCUT2D eigenvalue weighted by molar-refractivity contribution is -0.126. The van der Waals surface area contributed by atoms with E-state index in [1.807, 2.05) is 23.7 Å². The molecule has 4 rings (SSSR count). The maximum Gasteiger partial charge on any atom is 0.253 e. The summed E-state index contributed by atoms with van der Waals surface area (Å²) in [6.45, 7) is 1.03. The molecule has 1 atom stereocenters. The molecule has 0 spiro atoms. The van der Waals surface area contributed by atoms with Crippen LogP contribution in [0, 0.1) is 11.7 Å². The number of halogens is 2. The summed E-state index contributed by atoms with van der Waals surface area (Å²) >= 11 is 3.38. The van der Waals surface area contributed by atoms with Crippen LogP contribution in [0.25, 0.3) is 0 Å². The maximum atomic E-state index is 13.9. The van der Waals surface area contributed by atoms with Gasteiger partial charge in [0.25, 0.3) is 5.91 Å². The van der Waals surface area contributed by atoms with E-state index in [1.165, 1.54) is 12.1 Å². The Morgan fingerprint density at radius 1 is 1.16 bits per heavy atom. The van der Waals surface area contributed by atoms with Gasteiger partial charge in [0.05, 0.1) is 0 Å². The topological polar surface area (TPSA) is 67.2 Å². The average Bonchev–Trinajstić information content (AvgIpc) is 3.23. The van der Waals surface area contributed by atoms with Crippen molar-refractivity contribution in [2.24, 2.45) is 13.0 Å². The van der Waals surface area contributed by atoms with Crippen LogP contribution >= 0.6 is 15.9 Å². The largest absolute Gasteiger partial charge is 0.342 e. The summed E-state index contributed by atoms with van der Waals surface area (Å²) in [6, 6.07) is 12.9. The number of aryl methyl sites for hydroxylation is 1. The van der Waals surface area contributed by atoms with E-state index in [0.717, 1.165) is 4.47 Å². The molecule has 3 aromatic rings. The van der Waals surface area contributed by atoms with Crippen LogP contribution in [0.5, 0.6) is 0 Å². The fourth-order valence-corrected chi connectivity index (χ4v) is 4.28. The zero-order valence-electron chi connectivity index (χ0n) is 17.7. The number of piperidine rings is 1. The van der Waals surface area contributed by atoms with E-state index >= 15 is 0 Å². The Bertz CT molecular complexity index is 1110. The second-order valence-corrected chi connectivity index (χ2v) is 8.88. The van der Waals surface area contributed by atoms with E-state index in [2.05, 4.69) is 26.2 Å². The van der Waals surface area contributed by atoms with E-state index in [-0.39, 0.29) is 23.5 Å². The van der Waals surface area contributed by atoms with E-state index in [0.29, 0.717) is 42.9 Å². The highest BCUT2D eigenvalue weighted by Crippen LogP contribution is 2.25. The molecule has 1 aliphatic rings. The van der Waals surface area contributed by atoms with Crippen molar-refractivity contribution in [2.75, 3.05) is 13.1 Å². The lowest BCUT2D eigenvalue weighted by Crippen LogP contribution is -2.44. The van der Waals surface area contributed by atoms with Crippen LogP contribution in [-0.4, -0.2) is 39.4 Å². The van der Waals surface area contributed by atoms with Gasteiger partial charge in [-0.2, -0.15) is 0 Å². The minimum absolute atomic E-state index is 0.0259. The fraction of sp³-hybridized carbons (Fsp3) is 0.292. The van der Waals surface area contributed by atoms with Crippen LogP contribution in [0.4, 0.5) is 4.39 Å². The van der Waals surface area contributed by atoms with Gasteiger partial charge in [0, 0.05) is 48.5 Å². The number of aromatic nitrogens is 2. The number of carbonyl (C=O) groups is 2. The molecule has 0 bridgehead atoms. The lowest BCUT2D eigenvalue weighted by Gasteiger charge is -2.32. The summed E-state index contributed by atoms with van der Waals surface area (Å²) in [5, 5.41) is 3.06.